The number of thioether (sulfide) groups is 1. The first-order valence-electron chi connectivity index (χ1n) is 9.76. The van der Waals surface area contributed by atoms with Gasteiger partial charge in [-0.25, -0.2) is 9.79 Å². The van der Waals surface area contributed by atoms with Crippen molar-refractivity contribution in [2.45, 2.75) is 33.3 Å². The van der Waals surface area contributed by atoms with Gasteiger partial charge in [0.15, 0.2) is 5.17 Å². The number of aromatic carboxylic acids is 1. The van der Waals surface area contributed by atoms with E-state index < -0.39 is 5.97 Å². The molecule has 0 aliphatic carbocycles. The molecule has 1 atom stereocenters. The van der Waals surface area contributed by atoms with Crippen LogP contribution in [0, 0.1) is 6.92 Å². The van der Waals surface area contributed by atoms with Crippen LogP contribution in [-0.4, -0.2) is 40.2 Å². The lowest BCUT2D eigenvalue weighted by atomic mass is 10.1. The van der Waals surface area contributed by atoms with E-state index in [1.165, 1.54) is 28.8 Å². The molecule has 8 heteroatoms. The molecule has 1 saturated heterocycles. The number of carbonyl (C=O) groups excluding carboxylic acids is 1. The van der Waals surface area contributed by atoms with Crippen LogP contribution in [0.25, 0.3) is 6.08 Å². The van der Waals surface area contributed by atoms with Crippen LogP contribution >= 0.6 is 23.4 Å². The first-order valence-corrected chi connectivity index (χ1v) is 11.0. The number of amidine groups is 1. The second-order valence-corrected chi connectivity index (χ2v) is 8.62. The molecule has 0 saturated carbocycles. The molecule has 1 fully saturated rings. The molecule has 6 nitrogen and oxygen atoms in total. The van der Waals surface area contributed by atoms with Crippen molar-refractivity contribution in [1.29, 1.82) is 0 Å². The molecule has 3 rings (SSSR count). The molecule has 31 heavy (non-hydrogen) atoms. The highest BCUT2D eigenvalue weighted by atomic mass is 35.5. The lowest BCUT2D eigenvalue weighted by Gasteiger charge is -2.14. The van der Waals surface area contributed by atoms with Gasteiger partial charge in [-0.2, -0.15) is 0 Å². The number of amides is 1. The standard InChI is InChI=1S/C23H23ClN2O4S/c1-5-14(3)30-19-9-7-15(10-17(19)24)11-20-21(27)26(4)23(31-20)25-18-12-16(22(28)29)8-6-13(18)2/h6-12,14H,5H2,1-4H3,(H,28,29)/b20-11-,25-23?/t14-/m0/s1. The van der Waals surface area contributed by atoms with Gasteiger partial charge in [0.1, 0.15) is 5.75 Å². The Morgan fingerprint density at radius 1 is 1.32 bits per heavy atom. The predicted octanol–water partition coefficient (Wildman–Crippen LogP) is 5.76. The second kappa shape index (κ2) is 9.58. The van der Waals surface area contributed by atoms with Gasteiger partial charge in [-0.1, -0.05) is 30.7 Å². The molecule has 2 aromatic carbocycles. The molecule has 0 bridgehead atoms. The van der Waals surface area contributed by atoms with Crippen LogP contribution in [0.2, 0.25) is 5.02 Å². The second-order valence-electron chi connectivity index (χ2n) is 7.20. The number of nitrogens with zero attached hydrogens (tertiary/aromatic N) is 2. The number of hydrogen-bond acceptors (Lipinski definition) is 5. The summed E-state index contributed by atoms with van der Waals surface area (Å²) in [4.78, 5) is 30.4. The Morgan fingerprint density at radius 2 is 2.06 bits per heavy atom. The average Bonchev–Trinajstić information content (AvgIpc) is 2.99. The first-order chi connectivity index (χ1) is 14.7. The molecule has 162 valence electrons. The van der Waals surface area contributed by atoms with E-state index in [1.807, 2.05) is 26.8 Å². The number of ether oxygens (including phenoxy) is 1. The van der Waals surface area contributed by atoms with Crippen molar-refractivity contribution in [3.8, 4) is 5.75 Å². The number of aliphatic imine (C=N–C) groups is 1. The van der Waals surface area contributed by atoms with Crippen LogP contribution in [0.15, 0.2) is 46.3 Å². The summed E-state index contributed by atoms with van der Waals surface area (Å²) >= 11 is 7.58. The predicted molar refractivity (Wildman–Crippen MR) is 125 cm³/mol. The van der Waals surface area contributed by atoms with Gasteiger partial charge in [-0.15, -0.1) is 0 Å². The zero-order valence-corrected chi connectivity index (χ0v) is 19.3. The Labute approximate surface area is 190 Å². The SMILES string of the molecule is CC[C@H](C)Oc1ccc(/C=C2\SC(=Nc3cc(C(=O)O)ccc3C)N(C)C2=O)cc1Cl. The maximum atomic E-state index is 12.7. The molecular weight excluding hydrogens is 436 g/mol. The Morgan fingerprint density at radius 3 is 2.71 bits per heavy atom. The van der Waals surface area contributed by atoms with Gasteiger partial charge >= 0.3 is 5.97 Å². The number of carboxylic acids is 1. The molecule has 1 heterocycles. The largest absolute Gasteiger partial charge is 0.489 e. The molecule has 1 aliphatic rings. The summed E-state index contributed by atoms with van der Waals surface area (Å²) in [5.74, 6) is -0.605. The van der Waals surface area contributed by atoms with Crippen molar-refractivity contribution in [2.75, 3.05) is 7.05 Å². The fraction of sp³-hybridized carbons (Fsp3) is 0.261. The van der Waals surface area contributed by atoms with Gasteiger partial charge < -0.3 is 9.84 Å². The zero-order valence-electron chi connectivity index (χ0n) is 17.7. The van der Waals surface area contributed by atoms with Crippen LogP contribution in [0.5, 0.6) is 5.75 Å². The summed E-state index contributed by atoms with van der Waals surface area (Å²) in [6.45, 7) is 5.86. The summed E-state index contributed by atoms with van der Waals surface area (Å²) in [7, 11) is 1.64. The Balaban J connectivity index is 1.87. The number of aryl methyl sites for hydroxylation is 1. The summed E-state index contributed by atoms with van der Waals surface area (Å²) in [5, 5.41) is 10.2. The van der Waals surface area contributed by atoms with Crippen LogP contribution in [0.1, 0.15) is 41.8 Å². The highest BCUT2D eigenvalue weighted by Crippen LogP contribution is 2.35. The molecule has 0 aromatic heterocycles. The molecule has 0 spiro atoms. The minimum Gasteiger partial charge on any atom is -0.489 e. The van der Waals surface area contributed by atoms with Gasteiger partial charge in [-0.3, -0.25) is 9.69 Å². The van der Waals surface area contributed by atoms with E-state index in [-0.39, 0.29) is 17.6 Å². The average molecular weight is 459 g/mol. The fourth-order valence-corrected chi connectivity index (χ4v) is 3.98. The van der Waals surface area contributed by atoms with Crippen molar-refractivity contribution in [3.63, 3.8) is 0 Å². The Hall–Kier alpha value is -2.77. The highest BCUT2D eigenvalue weighted by Gasteiger charge is 2.30. The smallest absolute Gasteiger partial charge is 0.335 e. The van der Waals surface area contributed by atoms with Crippen molar-refractivity contribution in [3.05, 3.63) is 63.0 Å². The van der Waals surface area contributed by atoms with E-state index in [1.54, 1.807) is 31.3 Å². The van der Waals surface area contributed by atoms with Crippen LogP contribution in [-0.2, 0) is 4.79 Å². The van der Waals surface area contributed by atoms with Crippen LogP contribution < -0.4 is 4.74 Å². The zero-order chi connectivity index (χ0) is 22.7. The number of hydrogen-bond donors (Lipinski definition) is 1. The van der Waals surface area contributed by atoms with Crippen molar-refractivity contribution in [1.82, 2.24) is 4.90 Å². The molecule has 1 amide bonds. The molecule has 0 unspecified atom stereocenters. The van der Waals surface area contributed by atoms with Gasteiger partial charge in [-0.05, 0) is 73.5 Å². The van der Waals surface area contributed by atoms with E-state index in [0.29, 0.717) is 26.5 Å². The van der Waals surface area contributed by atoms with Gasteiger partial charge in [0.05, 0.1) is 27.3 Å². The number of carboxylic acid groups (broad SMARTS) is 1. The summed E-state index contributed by atoms with van der Waals surface area (Å²) in [6, 6.07) is 10.1. The lowest BCUT2D eigenvalue weighted by molar-refractivity contribution is -0.121. The van der Waals surface area contributed by atoms with Crippen molar-refractivity contribution in [2.24, 2.45) is 4.99 Å². The number of rotatable bonds is 6. The van der Waals surface area contributed by atoms with Gasteiger partial charge in [0.25, 0.3) is 5.91 Å². The highest BCUT2D eigenvalue weighted by molar-refractivity contribution is 8.18. The van der Waals surface area contributed by atoms with E-state index in [4.69, 9.17) is 16.3 Å². The number of benzene rings is 2. The monoisotopic (exact) mass is 458 g/mol. The third kappa shape index (κ3) is 5.29. The molecule has 2 aromatic rings. The summed E-state index contributed by atoms with van der Waals surface area (Å²) in [6.07, 6.45) is 2.69. The van der Waals surface area contributed by atoms with E-state index in [9.17, 15) is 14.7 Å². The van der Waals surface area contributed by atoms with E-state index in [0.717, 1.165) is 17.5 Å². The lowest BCUT2D eigenvalue weighted by Crippen LogP contribution is -2.23. The normalized spacial score (nSPS) is 17.5. The van der Waals surface area contributed by atoms with Crippen LogP contribution in [0.3, 0.4) is 0 Å². The van der Waals surface area contributed by atoms with Gasteiger partial charge in [0, 0.05) is 7.05 Å². The third-order valence-electron chi connectivity index (χ3n) is 4.83. The van der Waals surface area contributed by atoms with Crippen molar-refractivity contribution >= 4 is 52.2 Å². The van der Waals surface area contributed by atoms with E-state index in [2.05, 4.69) is 4.99 Å². The minimum absolute atomic E-state index is 0.0594. The topological polar surface area (TPSA) is 79.2 Å². The number of carbonyl (C=O) groups is 2. The van der Waals surface area contributed by atoms with Gasteiger partial charge in [0.2, 0.25) is 0 Å². The maximum absolute atomic E-state index is 12.7. The summed E-state index contributed by atoms with van der Waals surface area (Å²) < 4.78 is 5.78. The quantitative estimate of drug-likeness (QED) is 0.557. The summed E-state index contributed by atoms with van der Waals surface area (Å²) in [5.41, 5.74) is 2.25. The molecule has 0 radical (unpaired) electrons. The molecular formula is C23H23ClN2O4S. The minimum atomic E-state index is -1.02. The van der Waals surface area contributed by atoms with Crippen molar-refractivity contribution < 1.29 is 19.4 Å². The Bertz CT molecular complexity index is 1100. The fourth-order valence-electron chi connectivity index (χ4n) is 2.77. The number of likely N-dealkylation sites (N-methyl/N-ethyl adjacent to an activating group) is 1. The molecule has 1 N–H and O–H groups in total. The third-order valence-corrected chi connectivity index (χ3v) is 6.19. The van der Waals surface area contributed by atoms with Crippen LogP contribution in [0.4, 0.5) is 5.69 Å². The maximum Gasteiger partial charge on any atom is 0.335 e. The first kappa shape index (κ1) is 22.9. The number of halogens is 1. The van der Waals surface area contributed by atoms with E-state index >= 15 is 0 Å². The molecule has 1 aliphatic heterocycles. The Kier molecular flexibility index (Phi) is 7.08.